The van der Waals surface area contributed by atoms with E-state index in [1.165, 1.54) is 0 Å². The molecule has 1 N–H and O–H groups in total. The summed E-state index contributed by atoms with van der Waals surface area (Å²) in [6.45, 7) is 5.46. The summed E-state index contributed by atoms with van der Waals surface area (Å²) < 4.78 is 5.70. The van der Waals surface area contributed by atoms with Crippen LogP contribution in [0.1, 0.15) is 42.2 Å². The average molecular weight is 377 g/mol. The van der Waals surface area contributed by atoms with Crippen LogP contribution < -0.4 is 4.74 Å². The lowest BCUT2D eigenvalue weighted by Gasteiger charge is -2.18. The van der Waals surface area contributed by atoms with Crippen LogP contribution in [0.3, 0.4) is 0 Å². The summed E-state index contributed by atoms with van der Waals surface area (Å²) in [6, 6.07) is 17.5. The summed E-state index contributed by atoms with van der Waals surface area (Å²) in [6.07, 6.45) is 2.60. The van der Waals surface area contributed by atoms with Gasteiger partial charge in [0.15, 0.2) is 0 Å². The van der Waals surface area contributed by atoms with E-state index >= 15 is 0 Å². The minimum atomic E-state index is 0.0103. The maximum absolute atomic E-state index is 12.8. The Balaban J connectivity index is 1.60. The highest BCUT2D eigenvalue weighted by Gasteiger charge is 2.15. The van der Waals surface area contributed by atoms with Crippen molar-refractivity contribution in [1.29, 1.82) is 0 Å². The minimum absolute atomic E-state index is 0.0103. The number of aromatic amines is 1. The second-order valence-electron chi connectivity index (χ2n) is 7.17. The molecule has 0 saturated heterocycles. The van der Waals surface area contributed by atoms with Gasteiger partial charge < -0.3 is 9.64 Å². The summed E-state index contributed by atoms with van der Waals surface area (Å²) in [5, 5.41) is 7.23. The number of aromatic nitrogens is 2. The third-order valence-corrected chi connectivity index (χ3v) is 4.66. The molecule has 0 unspecified atom stereocenters. The fourth-order valence-electron chi connectivity index (χ4n) is 3.12. The molecule has 2 aromatic carbocycles. The lowest BCUT2D eigenvalue weighted by atomic mass is 9.98. The summed E-state index contributed by atoms with van der Waals surface area (Å²) in [5.41, 5.74) is 3.81. The molecule has 5 heteroatoms. The Morgan fingerprint density at radius 3 is 2.68 bits per heavy atom. The Labute approximate surface area is 166 Å². The lowest BCUT2D eigenvalue weighted by Crippen LogP contribution is -2.28. The van der Waals surface area contributed by atoms with Gasteiger partial charge in [0.25, 0.3) is 5.91 Å². The van der Waals surface area contributed by atoms with Crippen LogP contribution in [-0.2, 0) is 0 Å². The number of hydrogen-bond donors (Lipinski definition) is 1. The van der Waals surface area contributed by atoms with Gasteiger partial charge in [-0.15, -0.1) is 0 Å². The number of ether oxygens (including phenoxy) is 1. The molecule has 0 aliphatic rings. The second kappa shape index (κ2) is 9.22. The normalized spacial score (nSPS) is 10.9. The summed E-state index contributed by atoms with van der Waals surface area (Å²) in [5.74, 6) is 1.20. The first-order chi connectivity index (χ1) is 13.6. The molecule has 28 heavy (non-hydrogen) atoms. The van der Waals surface area contributed by atoms with E-state index in [0.29, 0.717) is 24.6 Å². The van der Waals surface area contributed by atoms with Gasteiger partial charge in [-0.1, -0.05) is 44.2 Å². The van der Waals surface area contributed by atoms with Gasteiger partial charge in [-0.2, -0.15) is 5.10 Å². The van der Waals surface area contributed by atoms with E-state index in [-0.39, 0.29) is 5.91 Å². The molecule has 0 saturated carbocycles. The molecule has 0 radical (unpaired) electrons. The van der Waals surface area contributed by atoms with Crippen LogP contribution in [0.25, 0.3) is 11.1 Å². The molecule has 146 valence electrons. The lowest BCUT2D eigenvalue weighted by molar-refractivity contribution is 0.0788. The number of nitrogens with zero attached hydrogens (tertiary/aromatic N) is 2. The fraction of sp³-hybridized carbons (Fsp3) is 0.304. The quantitative estimate of drug-likeness (QED) is 0.577. The largest absolute Gasteiger partial charge is 0.494 e. The van der Waals surface area contributed by atoms with Gasteiger partial charge in [0.05, 0.1) is 12.8 Å². The number of hydrogen-bond acceptors (Lipinski definition) is 3. The number of carbonyl (C=O) groups excluding carboxylic acids is 1. The monoisotopic (exact) mass is 377 g/mol. The standard InChI is InChI=1S/C23H27N3O2/c1-17(2)22-21(16-24-25-22)18-9-7-10-19(15-18)23(27)26(3)13-8-14-28-20-11-5-4-6-12-20/h4-7,9-12,15-17H,8,13-14H2,1-3H3,(H,24,25). The fourth-order valence-corrected chi connectivity index (χ4v) is 3.12. The van der Waals surface area contributed by atoms with Crippen LogP contribution in [-0.4, -0.2) is 41.2 Å². The Morgan fingerprint density at radius 2 is 1.93 bits per heavy atom. The summed E-state index contributed by atoms with van der Waals surface area (Å²) in [4.78, 5) is 14.6. The molecule has 0 fully saturated rings. The molecular formula is C23H27N3O2. The van der Waals surface area contributed by atoms with Crippen LogP contribution in [0.5, 0.6) is 5.75 Å². The smallest absolute Gasteiger partial charge is 0.253 e. The van der Waals surface area contributed by atoms with Crippen molar-refractivity contribution in [2.24, 2.45) is 0 Å². The molecule has 1 aromatic heterocycles. The maximum atomic E-state index is 12.8. The van der Waals surface area contributed by atoms with Crippen molar-refractivity contribution in [3.05, 3.63) is 72.1 Å². The van der Waals surface area contributed by atoms with Gasteiger partial charge >= 0.3 is 0 Å². The Kier molecular flexibility index (Phi) is 6.48. The molecule has 1 amide bonds. The third-order valence-electron chi connectivity index (χ3n) is 4.66. The number of para-hydroxylation sites is 1. The van der Waals surface area contributed by atoms with Crippen molar-refractivity contribution in [3.63, 3.8) is 0 Å². The molecule has 0 aliphatic heterocycles. The first kappa shape index (κ1) is 19.7. The van der Waals surface area contributed by atoms with Crippen LogP contribution in [0.15, 0.2) is 60.8 Å². The van der Waals surface area contributed by atoms with Gasteiger partial charge in [0, 0.05) is 30.4 Å². The topological polar surface area (TPSA) is 58.2 Å². The van der Waals surface area contributed by atoms with E-state index in [1.807, 2.05) is 67.8 Å². The number of nitrogens with one attached hydrogen (secondary N) is 1. The summed E-state index contributed by atoms with van der Waals surface area (Å²) >= 11 is 0. The number of carbonyl (C=O) groups is 1. The van der Waals surface area contributed by atoms with Gasteiger partial charge in [0.2, 0.25) is 0 Å². The molecule has 0 spiro atoms. The van der Waals surface area contributed by atoms with Gasteiger partial charge in [0.1, 0.15) is 5.75 Å². The Hall–Kier alpha value is -3.08. The van der Waals surface area contributed by atoms with E-state index in [2.05, 4.69) is 24.0 Å². The van der Waals surface area contributed by atoms with Crippen molar-refractivity contribution >= 4 is 5.91 Å². The predicted octanol–water partition coefficient (Wildman–Crippen LogP) is 4.74. The number of benzene rings is 2. The van der Waals surface area contributed by atoms with E-state index in [9.17, 15) is 4.79 Å². The highest BCUT2D eigenvalue weighted by atomic mass is 16.5. The number of amides is 1. The number of rotatable bonds is 8. The molecular weight excluding hydrogens is 350 g/mol. The third kappa shape index (κ3) is 4.80. The minimum Gasteiger partial charge on any atom is -0.494 e. The number of H-pyrrole nitrogens is 1. The second-order valence-corrected chi connectivity index (χ2v) is 7.17. The molecule has 0 aliphatic carbocycles. The highest BCUT2D eigenvalue weighted by Crippen LogP contribution is 2.28. The Morgan fingerprint density at radius 1 is 1.14 bits per heavy atom. The highest BCUT2D eigenvalue weighted by molar-refractivity contribution is 5.95. The predicted molar refractivity (Wildman–Crippen MR) is 112 cm³/mol. The maximum Gasteiger partial charge on any atom is 0.253 e. The van der Waals surface area contributed by atoms with Crippen LogP contribution in [0.2, 0.25) is 0 Å². The van der Waals surface area contributed by atoms with Crippen LogP contribution >= 0.6 is 0 Å². The molecule has 3 rings (SSSR count). The van der Waals surface area contributed by atoms with Crippen molar-refractivity contribution in [2.45, 2.75) is 26.2 Å². The molecule has 0 atom stereocenters. The first-order valence-corrected chi connectivity index (χ1v) is 9.63. The van der Waals surface area contributed by atoms with Crippen molar-refractivity contribution in [3.8, 4) is 16.9 Å². The van der Waals surface area contributed by atoms with Crippen molar-refractivity contribution < 1.29 is 9.53 Å². The zero-order chi connectivity index (χ0) is 19.9. The van der Waals surface area contributed by atoms with Crippen LogP contribution in [0.4, 0.5) is 0 Å². The van der Waals surface area contributed by atoms with Crippen molar-refractivity contribution in [1.82, 2.24) is 15.1 Å². The molecule has 5 nitrogen and oxygen atoms in total. The molecule has 1 heterocycles. The van der Waals surface area contributed by atoms with Gasteiger partial charge in [-0.3, -0.25) is 9.89 Å². The van der Waals surface area contributed by atoms with E-state index in [0.717, 1.165) is 29.0 Å². The van der Waals surface area contributed by atoms with E-state index < -0.39 is 0 Å². The van der Waals surface area contributed by atoms with Crippen LogP contribution in [0, 0.1) is 0 Å². The van der Waals surface area contributed by atoms with Gasteiger partial charge in [-0.05, 0) is 42.2 Å². The zero-order valence-electron chi connectivity index (χ0n) is 16.7. The van der Waals surface area contributed by atoms with E-state index in [1.54, 1.807) is 4.90 Å². The zero-order valence-corrected chi connectivity index (χ0v) is 16.7. The van der Waals surface area contributed by atoms with Crippen molar-refractivity contribution in [2.75, 3.05) is 20.2 Å². The summed E-state index contributed by atoms with van der Waals surface area (Å²) in [7, 11) is 1.83. The molecule has 0 bridgehead atoms. The van der Waals surface area contributed by atoms with Gasteiger partial charge in [-0.25, -0.2) is 0 Å². The first-order valence-electron chi connectivity index (χ1n) is 9.63. The SMILES string of the molecule is CC(C)c1[nH]ncc1-c1cccc(C(=O)N(C)CCCOc2ccccc2)c1. The average Bonchev–Trinajstić information content (AvgIpc) is 3.22. The molecule has 3 aromatic rings. The van der Waals surface area contributed by atoms with E-state index in [4.69, 9.17) is 4.74 Å². The Bertz CT molecular complexity index is 903.